The number of carbonyl (C=O) groups excluding carboxylic acids is 2. The average molecular weight is 295 g/mol. The van der Waals surface area contributed by atoms with Crippen LogP contribution in [0.1, 0.15) is 24.2 Å². The molecule has 0 aliphatic carbocycles. The second-order valence-corrected chi connectivity index (χ2v) is 4.25. The van der Waals surface area contributed by atoms with E-state index in [0.29, 0.717) is 6.54 Å². The van der Waals surface area contributed by atoms with Crippen molar-refractivity contribution in [2.24, 2.45) is 0 Å². The summed E-state index contributed by atoms with van der Waals surface area (Å²) in [5.74, 6) is -1.90. The molecule has 0 spiro atoms. The van der Waals surface area contributed by atoms with Gasteiger partial charge in [-0.15, -0.1) is 0 Å². The van der Waals surface area contributed by atoms with E-state index in [0.717, 1.165) is 6.07 Å². The van der Waals surface area contributed by atoms with Gasteiger partial charge < -0.3 is 26.2 Å². The van der Waals surface area contributed by atoms with Crippen LogP contribution in [0.5, 0.6) is 5.75 Å². The zero-order valence-electron chi connectivity index (χ0n) is 11.6. The van der Waals surface area contributed by atoms with Crippen molar-refractivity contribution in [1.82, 2.24) is 10.6 Å². The summed E-state index contributed by atoms with van der Waals surface area (Å²) in [6.45, 7) is 3.72. The monoisotopic (exact) mass is 295 g/mol. The highest BCUT2D eigenvalue weighted by atomic mass is 16.4. The maximum absolute atomic E-state index is 11.7. The molecule has 0 saturated carbocycles. The summed E-state index contributed by atoms with van der Waals surface area (Å²) in [4.78, 5) is 33.8. The van der Waals surface area contributed by atoms with E-state index < -0.39 is 18.0 Å². The number of aromatic hydroxyl groups is 1. The summed E-state index contributed by atoms with van der Waals surface area (Å²) < 4.78 is 0. The van der Waals surface area contributed by atoms with Crippen LogP contribution in [-0.2, 0) is 4.79 Å². The van der Waals surface area contributed by atoms with Crippen LogP contribution in [0, 0.1) is 0 Å². The predicted octanol–water partition coefficient (Wildman–Crippen LogP) is 0.736. The van der Waals surface area contributed by atoms with E-state index in [2.05, 4.69) is 16.0 Å². The Bertz CT molecular complexity index is 559. The van der Waals surface area contributed by atoms with Crippen LogP contribution in [0.2, 0.25) is 0 Å². The molecule has 0 radical (unpaired) electrons. The molecule has 0 aromatic heterocycles. The van der Waals surface area contributed by atoms with Gasteiger partial charge >= 0.3 is 12.0 Å². The lowest BCUT2D eigenvalue weighted by atomic mass is 10.2. The number of anilines is 1. The van der Waals surface area contributed by atoms with Crippen LogP contribution >= 0.6 is 0 Å². The van der Waals surface area contributed by atoms with E-state index in [9.17, 15) is 19.5 Å². The van der Waals surface area contributed by atoms with Gasteiger partial charge in [0.15, 0.2) is 0 Å². The number of likely N-dealkylation sites (N-methyl/N-ethyl adjacent to an activating group) is 1. The van der Waals surface area contributed by atoms with Gasteiger partial charge in [-0.1, -0.05) is 0 Å². The van der Waals surface area contributed by atoms with Gasteiger partial charge in [0.2, 0.25) is 5.91 Å². The molecule has 5 N–H and O–H groups in total. The second kappa shape index (κ2) is 7.13. The van der Waals surface area contributed by atoms with Crippen molar-refractivity contribution in [2.75, 3.05) is 11.9 Å². The minimum absolute atomic E-state index is 0.0422. The van der Waals surface area contributed by atoms with Crippen LogP contribution < -0.4 is 16.0 Å². The highest BCUT2D eigenvalue weighted by Crippen LogP contribution is 2.24. The molecular formula is C13H17N3O5. The van der Waals surface area contributed by atoms with Gasteiger partial charge in [-0.2, -0.15) is 0 Å². The third kappa shape index (κ3) is 4.68. The molecule has 1 rings (SSSR count). The van der Waals surface area contributed by atoms with E-state index in [1.807, 2.05) is 0 Å². The van der Waals surface area contributed by atoms with Crippen molar-refractivity contribution < 1.29 is 24.6 Å². The van der Waals surface area contributed by atoms with Gasteiger partial charge in [-0.3, -0.25) is 4.79 Å². The summed E-state index contributed by atoms with van der Waals surface area (Å²) >= 11 is 0. The normalized spacial score (nSPS) is 11.3. The van der Waals surface area contributed by atoms with Gasteiger partial charge in [-0.25, -0.2) is 9.59 Å². The Kier molecular flexibility index (Phi) is 5.53. The van der Waals surface area contributed by atoms with Crippen LogP contribution in [0.4, 0.5) is 10.5 Å². The lowest BCUT2D eigenvalue weighted by Crippen LogP contribution is -2.46. The smallest absolute Gasteiger partial charge is 0.335 e. The third-order valence-corrected chi connectivity index (χ3v) is 2.58. The van der Waals surface area contributed by atoms with Gasteiger partial charge in [0.1, 0.15) is 11.8 Å². The molecule has 114 valence electrons. The Hall–Kier alpha value is -2.77. The molecule has 0 bridgehead atoms. The lowest BCUT2D eigenvalue weighted by Gasteiger charge is -2.14. The van der Waals surface area contributed by atoms with E-state index in [4.69, 9.17) is 5.11 Å². The number of carboxylic acid groups (broad SMARTS) is 1. The van der Waals surface area contributed by atoms with E-state index in [1.54, 1.807) is 6.92 Å². The average Bonchev–Trinajstić information content (AvgIpc) is 2.40. The molecule has 0 aliphatic heterocycles. The van der Waals surface area contributed by atoms with Crippen LogP contribution in [-0.4, -0.2) is 40.7 Å². The highest BCUT2D eigenvalue weighted by Gasteiger charge is 2.16. The fraction of sp³-hybridized carbons (Fsp3) is 0.308. The number of benzene rings is 1. The molecular weight excluding hydrogens is 278 g/mol. The number of amides is 3. The summed E-state index contributed by atoms with van der Waals surface area (Å²) in [5.41, 5.74) is -0.0604. The zero-order valence-corrected chi connectivity index (χ0v) is 11.6. The van der Waals surface area contributed by atoms with Crippen molar-refractivity contribution >= 4 is 23.6 Å². The first-order valence-corrected chi connectivity index (χ1v) is 6.26. The predicted molar refractivity (Wildman–Crippen MR) is 75.4 cm³/mol. The first-order valence-electron chi connectivity index (χ1n) is 6.26. The summed E-state index contributed by atoms with van der Waals surface area (Å²) in [7, 11) is 0. The number of hydrogen-bond acceptors (Lipinski definition) is 4. The molecule has 1 aromatic carbocycles. The molecule has 8 heteroatoms. The molecule has 1 atom stereocenters. The Balaban J connectivity index is 2.67. The largest absolute Gasteiger partial charge is 0.506 e. The number of rotatable bonds is 5. The van der Waals surface area contributed by atoms with Crippen molar-refractivity contribution in [3.05, 3.63) is 23.8 Å². The summed E-state index contributed by atoms with van der Waals surface area (Å²) in [6, 6.07) is 2.09. The topological polar surface area (TPSA) is 128 Å². The van der Waals surface area contributed by atoms with Gasteiger partial charge in [0.25, 0.3) is 0 Å². The number of hydrogen-bond donors (Lipinski definition) is 5. The third-order valence-electron chi connectivity index (χ3n) is 2.58. The fourth-order valence-corrected chi connectivity index (χ4v) is 1.52. The van der Waals surface area contributed by atoms with Crippen LogP contribution in [0.3, 0.4) is 0 Å². The SMILES string of the molecule is CCNC(=O)C(C)NC(=O)Nc1ccc(C(=O)O)cc1O. The molecule has 1 aromatic rings. The van der Waals surface area contributed by atoms with Crippen molar-refractivity contribution in [2.45, 2.75) is 19.9 Å². The van der Waals surface area contributed by atoms with Crippen molar-refractivity contribution in [3.63, 3.8) is 0 Å². The number of carbonyl (C=O) groups is 3. The van der Waals surface area contributed by atoms with E-state index in [1.165, 1.54) is 19.1 Å². The quantitative estimate of drug-likeness (QED) is 0.512. The summed E-state index contributed by atoms with van der Waals surface area (Å²) in [5, 5.41) is 25.7. The van der Waals surface area contributed by atoms with Crippen LogP contribution in [0.25, 0.3) is 0 Å². The number of nitrogens with one attached hydrogen (secondary N) is 3. The lowest BCUT2D eigenvalue weighted by molar-refractivity contribution is -0.122. The molecule has 3 amide bonds. The van der Waals surface area contributed by atoms with Crippen molar-refractivity contribution in [1.29, 1.82) is 0 Å². The van der Waals surface area contributed by atoms with E-state index >= 15 is 0 Å². The first-order chi connectivity index (χ1) is 9.85. The van der Waals surface area contributed by atoms with Gasteiger partial charge in [0, 0.05) is 6.54 Å². The van der Waals surface area contributed by atoms with E-state index in [-0.39, 0.29) is 22.9 Å². The Labute approximate surface area is 121 Å². The minimum atomic E-state index is -1.19. The second-order valence-electron chi connectivity index (χ2n) is 4.25. The highest BCUT2D eigenvalue weighted by molar-refractivity contribution is 5.95. The van der Waals surface area contributed by atoms with Crippen LogP contribution in [0.15, 0.2) is 18.2 Å². The standard InChI is InChI=1S/C13H17N3O5/c1-3-14-11(18)7(2)15-13(21)16-9-5-4-8(12(19)20)6-10(9)17/h4-7,17H,3H2,1-2H3,(H,14,18)(H,19,20)(H2,15,16,21). The maximum atomic E-state index is 11.7. The molecule has 0 fully saturated rings. The molecule has 0 heterocycles. The summed E-state index contributed by atoms with van der Waals surface area (Å²) in [6.07, 6.45) is 0. The van der Waals surface area contributed by atoms with Gasteiger partial charge in [0.05, 0.1) is 11.3 Å². The van der Waals surface area contributed by atoms with Crippen molar-refractivity contribution in [3.8, 4) is 5.75 Å². The molecule has 1 unspecified atom stereocenters. The number of phenolic OH excluding ortho intramolecular Hbond substituents is 1. The number of carboxylic acids is 1. The zero-order chi connectivity index (χ0) is 16.0. The Morgan fingerprint density at radius 3 is 2.48 bits per heavy atom. The first kappa shape index (κ1) is 16.3. The molecule has 8 nitrogen and oxygen atoms in total. The fourth-order valence-electron chi connectivity index (χ4n) is 1.52. The molecule has 0 saturated heterocycles. The number of phenols is 1. The minimum Gasteiger partial charge on any atom is -0.506 e. The number of urea groups is 1. The Morgan fingerprint density at radius 2 is 1.95 bits per heavy atom. The maximum Gasteiger partial charge on any atom is 0.335 e. The number of aromatic carboxylic acids is 1. The Morgan fingerprint density at radius 1 is 1.29 bits per heavy atom. The molecule has 0 aliphatic rings. The molecule has 21 heavy (non-hydrogen) atoms. The van der Waals surface area contributed by atoms with Gasteiger partial charge in [-0.05, 0) is 32.0 Å².